The van der Waals surface area contributed by atoms with Crippen LogP contribution in [0.5, 0.6) is 0 Å². The summed E-state index contributed by atoms with van der Waals surface area (Å²) >= 11 is 0. The number of nitrogen functional groups attached to an aromatic ring is 1. The molecule has 1 saturated heterocycles. The van der Waals surface area contributed by atoms with Crippen molar-refractivity contribution in [2.24, 2.45) is 11.7 Å². The summed E-state index contributed by atoms with van der Waals surface area (Å²) < 4.78 is 0. The molecule has 3 rings (SSSR count). The lowest BCUT2D eigenvalue weighted by atomic mass is 9.94. The largest absolute Gasteiger partial charge is 0.481 e. The van der Waals surface area contributed by atoms with Gasteiger partial charge in [0.1, 0.15) is 5.84 Å². The number of carbonyl (C=O) groups excluding carboxylic acids is 1. The molecular formula is C21H24ClN3O3. The van der Waals surface area contributed by atoms with E-state index in [1.807, 2.05) is 24.3 Å². The van der Waals surface area contributed by atoms with Crippen molar-refractivity contribution in [3.8, 4) is 11.1 Å². The molecule has 0 bridgehead atoms. The van der Waals surface area contributed by atoms with Gasteiger partial charge in [-0.25, -0.2) is 0 Å². The molecule has 6 nitrogen and oxygen atoms in total. The van der Waals surface area contributed by atoms with Gasteiger partial charge in [-0.1, -0.05) is 36.4 Å². The standard InChI is InChI=1S/C21H23N3O3.ClH/c22-20(23)17-7-3-15(4-8-17)16-5-9-18(10-6-16)21(27)24-11-1-2-14(13-24)12-19(25)26;/h3-10,14H,1-2,11-13H2,(H3,22,23)(H,25,26);1H. The number of nitrogens with zero attached hydrogens (tertiary/aromatic N) is 1. The van der Waals surface area contributed by atoms with Crippen LogP contribution < -0.4 is 5.73 Å². The van der Waals surface area contributed by atoms with Crippen molar-refractivity contribution in [3.63, 3.8) is 0 Å². The number of carbonyl (C=O) groups is 2. The van der Waals surface area contributed by atoms with Crippen LogP contribution in [-0.2, 0) is 4.79 Å². The van der Waals surface area contributed by atoms with Crippen molar-refractivity contribution >= 4 is 30.1 Å². The normalized spacial score (nSPS) is 16.1. The zero-order chi connectivity index (χ0) is 19.4. The van der Waals surface area contributed by atoms with E-state index in [1.165, 1.54) is 0 Å². The number of carboxylic acid groups (broad SMARTS) is 1. The molecule has 0 spiro atoms. The molecule has 0 aromatic heterocycles. The average Bonchev–Trinajstić information content (AvgIpc) is 2.67. The topological polar surface area (TPSA) is 107 Å². The molecule has 0 saturated carbocycles. The van der Waals surface area contributed by atoms with Crippen molar-refractivity contribution in [2.45, 2.75) is 19.3 Å². The molecule has 1 heterocycles. The van der Waals surface area contributed by atoms with E-state index in [1.54, 1.807) is 29.2 Å². The van der Waals surface area contributed by atoms with Gasteiger partial charge in [-0.15, -0.1) is 12.4 Å². The molecule has 1 aliphatic heterocycles. The first-order chi connectivity index (χ1) is 12.9. The van der Waals surface area contributed by atoms with Crippen molar-refractivity contribution < 1.29 is 14.7 Å². The molecule has 2 aromatic rings. The summed E-state index contributed by atoms with van der Waals surface area (Å²) in [6.45, 7) is 1.17. The highest BCUT2D eigenvalue weighted by molar-refractivity contribution is 5.96. The fraction of sp³-hybridized carbons (Fsp3) is 0.286. The van der Waals surface area contributed by atoms with Crippen LogP contribution in [0.4, 0.5) is 0 Å². The summed E-state index contributed by atoms with van der Waals surface area (Å²) in [4.78, 5) is 25.4. The molecule has 28 heavy (non-hydrogen) atoms. The molecular weight excluding hydrogens is 378 g/mol. The highest BCUT2D eigenvalue weighted by atomic mass is 35.5. The Morgan fingerprint density at radius 3 is 2.07 bits per heavy atom. The third kappa shape index (κ3) is 5.10. The van der Waals surface area contributed by atoms with E-state index in [9.17, 15) is 9.59 Å². The first-order valence-corrected chi connectivity index (χ1v) is 9.00. The Labute approximate surface area is 170 Å². The van der Waals surface area contributed by atoms with Crippen LogP contribution in [0.3, 0.4) is 0 Å². The number of likely N-dealkylation sites (tertiary alicyclic amines) is 1. The number of halogens is 1. The van der Waals surface area contributed by atoms with E-state index in [4.69, 9.17) is 16.2 Å². The number of rotatable bonds is 5. The summed E-state index contributed by atoms with van der Waals surface area (Å²) in [5, 5.41) is 16.4. The molecule has 1 aliphatic rings. The second-order valence-electron chi connectivity index (χ2n) is 6.93. The van der Waals surface area contributed by atoms with Gasteiger partial charge in [0.05, 0.1) is 0 Å². The zero-order valence-corrected chi connectivity index (χ0v) is 16.2. The van der Waals surface area contributed by atoms with Crippen LogP contribution in [0.1, 0.15) is 35.2 Å². The third-order valence-corrected chi connectivity index (χ3v) is 4.93. The van der Waals surface area contributed by atoms with Gasteiger partial charge in [0.2, 0.25) is 0 Å². The lowest BCUT2D eigenvalue weighted by Gasteiger charge is -2.32. The number of carboxylic acids is 1. The Kier molecular flexibility index (Phi) is 7.18. The van der Waals surface area contributed by atoms with Crippen molar-refractivity contribution in [1.82, 2.24) is 4.90 Å². The molecule has 1 atom stereocenters. The van der Waals surface area contributed by atoms with Gasteiger partial charge in [0, 0.05) is 30.6 Å². The van der Waals surface area contributed by atoms with E-state index in [0.717, 1.165) is 24.0 Å². The molecule has 7 heteroatoms. The van der Waals surface area contributed by atoms with Gasteiger partial charge in [-0.05, 0) is 42.0 Å². The van der Waals surface area contributed by atoms with Gasteiger partial charge in [-0.3, -0.25) is 15.0 Å². The fourth-order valence-corrected chi connectivity index (χ4v) is 3.49. The van der Waals surface area contributed by atoms with Gasteiger partial charge in [0.15, 0.2) is 0 Å². The Hall–Kier alpha value is -2.86. The monoisotopic (exact) mass is 401 g/mol. The third-order valence-electron chi connectivity index (χ3n) is 4.93. The number of nitrogens with one attached hydrogen (secondary N) is 1. The molecule has 0 radical (unpaired) electrons. The number of piperidine rings is 1. The van der Waals surface area contributed by atoms with Gasteiger partial charge in [-0.2, -0.15) is 0 Å². The van der Waals surface area contributed by atoms with Crippen LogP contribution in [0.15, 0.2) is 48.5 Å². The van der Waals surface area contributed by atoms with E-state index < -0.39 is 5.97 Å². The van der Waals surface area contributed by atoms with Crippen LogP contribution in [0.25, 0.3) is 11.1 Å². The molecule has 0 aliphatic carbocycles. The SMILES string of the molecule is Cl.N=C(N)c1ccc(-c2ccc(C(=O)N3CCCC(CC(=O)O)C3)cc2)cc1. The number of hydrogen-bond acceptors (Lipinski definition) is 3. The van der Waals surface area contributed by atoms with E-state index >= 15 is 0 Å². The minimum Gasteiger partial charge on any atom is -0.481 e. The number of aliphatic carboxylic acids is 1. The molecule has 1 unspecified atom stereocenters. The number of amidine groups is 1. The minimum atomic E-state index is -0.811. The predicted octanol–water partition coefficient (Wildman–Crippen LogP) is 3.39. The van der Waals surface area contributed by atoms with Crippen LogP contribution in [0.2, 0.25) is 0 Å². The van der Waals surface area contributed by atoms with Gasteiger partial charge < -0.3 is 15.7 Å². The molecule has 2 aromatic carbocycles. The number of hydrogen-bond donors (Lipinski definition) is 3. The molecule has 4 N–H and O–H groups in total. The summed E-state index contributed by atoms with van der Waals surface area (Å²) in [7, 11) is 0. The lowest BCUT2D eigenvalue weighted by Crippen LogP contribution is -2.40. The second kappa shape index (κ2) is 9.37. The Morgan fingerprint density at radius 1 is 1.04 bits per heavy atom. The fourth-order valence-electron chi connectivity index (χ4n) is 3.49. The minimum absolute atomic E-state index is 0. The summed E-state index contributed by atoms with van der Waals surface area (Å²) in [6, 6.07) is 14.8. The van der Waals surface area contributed by atoms with E-state index in [-0.39, 0.29) is 36.5 Å². The Bertz CT molecular complexity index is 850. The smallest absolute Gasteiger partial charge is 0.303 e. The van der Waals surface area contributed by atoms with E-state index in [2.05, 4.69) is 0 Å². The number of nitrogens with two attached hydrogens (primary N) is 1. The van der Waals surface area contributed by atoms with Gasteiger partial charge >= 0.3 is 5.97 Å². The van der Waals surface area contributed by atoms with Crippen molar-refractivity contribution in [2.75, 3.05) is 13.1 Å². The quantitative estimate of drug-likeness (QED) is 0.527. The predicted molar refractivity (Wildman–Crippen MR) is 111 cm³/mol. The second-order valence-corrected chi connectivity index (χ2v) is 6.93. The zero-order valence-electron chi connectivity index (χ0n) is 15.4. The number of amides is 1. The van der Waals surface area contributed by atoms with Gasteiger partial charge in [0.25, 0.3) is 5.91 Å². The summed E-state index contributed by atoms with van der Waals surface area (Å²) in [5.74, 6) is -0.803. The first-order valence-electron chi connectivity index (χ1n) is 9.00. The summed E-state index contributed by atoms with van der Waals surface area (Å²) in [6.07, 6.45) is 1.80. The highest BCUT2D eigenvalue weighted by Gasteiger charge is 2.25. The molecule has 148 valence electrons. The van der Waals surface area contributed by atoms with Crippen molar-refractivity contribution in [1.29, 1.82) is 5.41 Å². The average molecular weight is 402 g/mol. The van der Waals surface area contributed by atoms with Crippen LogP contribution >= 0.6 is 12.4 Å². The molecule has 1 fully saturated rings. The highest BCUT2D eigenvalue weighted by Crippen LogP contribution is 2.24. The maximum absolute atomic E-state index is 12.7. The van der Waals surface area contributed by atoms with Crippen LogP contribution in [0, 0.1) is 11.3 Å². The Balaban J connectivity index is 0.00000280. The maximum atomic E-state index is 12.7. The molecule has 1 amide bonds. The Morgan fingerprint density at radius 2 is 1.57 bits per heavy atom. The van der Waals surface area contributed by atoms with E-state index in [0.29, 0.717) is 24.2 Å². The van der Waals surface area contributed by atoms with Crippen molar-refractivity contribution in [3.05, 3.63) is 59.7 Å². The first kappa shape index (κ1) is 21.4. The maximum Gasteiger partial charge on any atom is 0.303 e. The van der Waals surface area contributed by atoms with Crippen LogP contribution in [-0.4, -0.2) is 40.8 Å². The lowest BCUT2D eigenvalue weighted by molar-refractivity contribution is -0.138. The number of benzene rings is 2. The summed E-state index contributed by atoms with van der Waals surface area (Å²) in [5.41, 5.74) is 8.71.